The lowest BCUT2D eigenvalue weighted by atomic mass is 10.1. The summed E-state index contributed by atoms with van der Waals surface area (Å²) in [4.78, 5) is 9.20. The number of hydrogen-bond donors (Lipinski definition) is 0. The van der Waals surface area contributed by atoms with Gasteiger partial charge in [-0.05, 0) is 12.5 Å². The number of aromatic nitrogens is 2. The number of rotatable bonds is 4. The van der Waals surface area contributed by atoms with Crippen LogP contribution >= 0.6 is 0 Å². The van der Waals surface area contributed by atoms with Crippen LogP contribution in [0.15, 0.2) is 34.9 Å². The molecule has 0 unspecified atom stereocenters. The van der Waals surface area contributed by atoms with E-state index in [1.807, 2.05) is 6.92 Å². The Labute approximate surface area is 125 Å². The van der Waals surface area contributed by atoms with Gasteiger partial charge in [-0.25, -0.2) is 0 Å². The lowest BCUT2D eigenvalue weighted by Crippen LogP contribution is -2.46. The van der Waals surface area contributed by atoms with E-state index in [1.165, 1.54) is 5.56 Å². The molecule has 2 aromatic rings. The third-order valence-corrected chi connectivity index (χ3v) is 4.17. The largest absolute Gasteiger partial charge is 0.340 e. The molecule has 1 aromatic heterocycles. The van der Waals surface area contributed by atoms with E-state index >= 15 is 0 Å². The first kappa shape index (κ1) is 14.2. The summed E-state index contributed by atoms with van der Waals surface area (Å²) in [5.74, 6) is 1.43. The second-order valence-corrected chi connectivity index (χ2v) is 5.63. The number of nitrogens with zero attached hydrogens (tertiary/aromatic N) is 4. The molecule has 0 aliphatic carbocycles. The molecule has 5 nitrogen and oxygen atoms in total. The molecule has 2 heterocycles. The van der Waals surface area contributed by atoms with Crippen molar-refractivity contribution in [1.29, 1.82) is 0 Å². The summed E-state index contributed by atoms with van der Waals surface area (Å²) >= 11 is 0. The van der Waals surface area contributed by atoms with Crippen molar-refractivity contribution in [3.05, 3.63) is 47.6 Å². The molecule has 3 rings (SSSR count). The average molecular weight is 286 g/mol. The van der Waals surface area contributed by atoms with Crippen LogP contribution in [0.2, 0.25) is 0 Å². The molecule has 0 saturated carbocycles. The molecule has 1 aromatic carbocycles. The zero-order chi connectivity index (χ0) is 14.7. The molecule has 1 aliphatic heterocycles. The van der Waals surface area contributed by atoms with Crippen LogP contribution in [0.3, 0.4) is 0 Å². The molecular weight excluding hydrogens is 264 g/mol. The van der Waals surface area contributed by atoms with Gasteiger partial charge in [0.05, 0.1) is 6.54 Å². The first-order valence-electron chi connectivity index (χ1n) is 7.53. The highest BCUT2D eigenvalue weighted by Gasteiger charge is 2.22. The van der Waals surface area contributed by atoms with Gasteiger partial charge in [0.25, 0.3) is 0 Å². The lowest BCUT2D eigenvalue weighted by Gasteiger charge is -2.37. The van der Waals surface area contributed by atoms with E-state index in [9.17, 15) is 0 Å². The summed E-state index contributed by atoms with van der Waals surface area (Å²) in [5.41, 5.74) is 1.39. The van der Waals surface area contributed by atoms with Crippen LogP contribution < -0.4 is 0 Å². The van der Waals surface area contributed by atoms with Crippen molar-refractivity contribution in [3.63, 3.8) is 0 Å². The summed E-state index contributed by atoms with van der Waals surface area (Å²) < 4.78 is 5.03. The smallest absolute Gasteiger partial charge is 0.223 e. The van der Waals surface area contributed by atoms with Gasteiger partial charge >= 0.3 is 0 Å². The molecule has 0 radical (unpaired) electrons. The predicted molar refractivity (Wildman–Crippen MR) is 80.7 cm³/mol. The number of aryl methyl sites for hydroxylation is 1. The first-order chi connectivity index (χ1) is 10.2. The monoisotopic (exact) mass is 286 g/mol. The standard InChI is InChI=1S/C16H22N4O/c1-13(15-6-4-3-5-7-15)20-10-8-19(9-11-20)12-16-17-14(2)21-18-16/h3-7,13H,8-12H2,1-2H3/t13-/m0/s1. The quantitative estimate of drug-likeness (QED) is 0.862. The summed E-state index contributed by atoms with van der Waals surface area (Å²) in [5, 5.41) is 3.97. The normalized spacial score (nSPS) is 18.8. The highest BCUT2D eigenvalue weighted by Crippen LogP contribution is 2.21. The second kappa shape index (κ2) is 6.37. The van der Waals surface area contributed by atoms with Crippen molar-refractivity contribution in [2.45, 2.75) is 26.4 Å². The van der Waals surface area contributed by atoms with Gasteiger partial charge in [0, 0.05) is 39.1 Å². The maximum Gasteiger partial charge on any atom is 0.223 e. The Hall–Kier alpha value is -1.72. The number of hydrogen-bond acceptors (Lipinski definition) is 5. The molecule has 0 amide bonds. The maximum absolute atomic E-state index is 5.03. The SMILES string of the molecule is Cc1nc(CN2CCN([C@@H](C)c3ccccc3)CC2)no1. The Kier molecular flexibility index (Phi) is 4.31. The van der Waals surface area contributed by atoms with Crippen molar-refractivity contribution in [1.82, 2.24) is 19.9 Å². The zero-order valence-corrected chi connectivity index (χ0v) is 12.7. The highest BCUT2D eigenvalue weighted by molar-refractivity contribution is 5.18. The van der Waals surface area contributed by atoms with Gasteiger partial charge in [0.15, 0.2) is 5.82 Å². The molecule has 1 aliphatic rings. The van der Waals surface area contributed by atoms with Crippen molar-refractivity contribution < 1.29 is 4.52 Å². The number of piperazine rings is 1. The third kappa shape index (κ3) is 3.49. The maximum atomic E-state index is 5.03. The van der Waals surface area contributed by atoms with Crippen molar-refractivity contribution in [2.75, 3.05) is 26.2 Å². The van der Waals surface area contributed by atoms with Crippen molar-refractivity contribution in [2.24, 2.45) is 0 Å². The fraction of sp³-hybridized carbons (Fsp3) is 0.500. The van der Waals surface area contributed by atoms with E-state index in [0.29, 0.717) is 11.9 Å². The van der Waals surface area contributed by atoms with Gasteiger partial charge in [-0.3, -0.25) is 9.80 Å². The Bertz CT molecular complexity index is 561. The van der Waals surface area contributed by atoms with Gasteiger partial charge in [0.1, 0.15) is 0 Å². The minimum atomic E-state index is 0.473. The van der Waals surface area contributed by atoms with Crippen LogP contribution in [0.1, 0.15) is 30.2 Å². The van der Waals surface area contributed by atoms with E-state index in [2.05, 4.69) is 57.2 Å². The van der Waals surface area contributed by atoms with Gasteiger partial charge in [-0.1, -0.05) is 35.5 Å². The van der Waals surface area contributed by atoms with Crippen LogP contribution in [0, 0.1) is 6.92 Å². The minimum absolute atomic E-state index is 0.473. The summed E-state index contributed by atoms with van der Waals surface area (Å²) in [6.45, 7) is 9.14. The first-order valence-corrected chi connectivity index (χ1v) is 7.53. The number of benzene rings is 1. The van der Waals surface area contributed by atoms with Gasteiger partial charge in [-0.15, -0.1) is 0 Å². The molecule has 0 bridgehead atoms. The summed E-state index contributed by atoms with van der Waals surface area (Å²) in [6.07, 6.45) is 0. The van der Waals surface area contributed by atoms with Crippen molar-refractivity contribution >= 4 is 0 Å². The Balaban J connectivity index is 1.53. The summed E-state index contributed by atoms with van der Waals surface area (Å²) in [6, 6.07) is 11.2. The van der Waals surface area contributed by atoms with E-state index in [0.717, 1.165) is 38.5 Å². The van der Waals surface area contributed by atoms with Crippen LogP contribution in [-0.4, -0.2) is 46.1 Å². The summed E-state index contributed by atoms with van der Waals surface area (Å²) in [7, 11) is 0. The minimum Gasteiger partial charge on any atom is -0.340 e. The molecule has 1 saturated heterocycles. The molecule has 5 heteroatoms. The lowest BCUT2D eigenvalue weighted by molar-refractivity contribution is 0.0956. The average Bonchev–Trinajstić information content (AvgIpc) is 2.93. The highest BCUT2D eigenvalue weighted by atomic mass is 16.5. The Morgan fingerprint density at radius 1 is 1.14 bits per heavy atom. The van der Waals surface area contributed by atoms with E-state index in [4.69, 9.17) is 4.52 Å². The van der Waals surface area contributed by atoms with Gasteiger partial charge < -0.3 is 4.52 Å². The second-order valence-electron chi connectivity index (χ2n) is 5.63. The van der Waals surface area contributed by atoms with Crippen molar-refractivity contribution in [3.8, 4) is 0 Å². The molecule has 1 fully saturated rings. The van der Waals surface area contributed by atoms with E-state index in [1.54, 1.807) is 0 Å². The van der Waals surface area contributed by atoms with Crippen LogP contribution in [0.4, 0.5) is 0 Å². The predicted octanol–water partition coefficient (Wildman–Crippen LogP) is 2.26. The van der Waals surface area contributed by atoms with Crippen LogP contribution in [0.5, 0.6) is 0 Å². The molecule has 112 valence electrons. The molecular formula is C16H22N4O. The molecule has 0 N–H and O–H groups in total. The van der Waals surface area contributed by atoms with E-state index in [-0.39, 0.29) is 0 Å². The third-order valence-electron chi connectivity index (χ3n) is 4.17. The fourth-order valence-corrected chi connectivity index (χ4v) is 2.86. The van der Waals surface area contributed by atoms with Crippen LogP contribution in [-0.2, 0) is 6.54 Å². The molecule has 21 heavy (non-hydrogen) atoms. The Morgan fingerprint density at radius 3 is 2.48 bits per heavy atom. The van der Waals surface area contributed by atoms with Gasteiger partial charge in [0.2, 0.25) is 5.89 Å². The van der Waals surface area contributed by atoms with Gasteiger partial charge in [-0.2, -0.15) is 4.98 Å². The molecule has 0 spiro atoms. The molecule has 1 atom stereocenters. The Morgan fingerprint density at radius 2 is 1.86 bits per heavy atom. The van der Waals surface area contributed by atoms with E-state index < -0.39 is 0 Å². The zero-order valence-electron chi connectivity index (χ0n) is 12.7. The topological polar surface area (TPSA) is 45.4 Å². The van der Waals surface area contributed by atoms with Crippen LogP contribution in [0.25, 0.3) is 0 Å². The fourth-order valence-electron chi connectivity index (χ4n) is 2.86.